The second-order valence-electron chi connectivity index (χ2n) is 6.65. The number of nitrogens with two attached hydrogens (primary N) is 1. The first-order valence-corrected chi connectivity index (χ1v) is 10.6. The highest BCUT2D eigenvalue weighted by molar-refractivity contribution is 7.89. The van der Waals surface area contributed by atoms with Gasteiger partial charge in [0.1, 0.15) is 5.75 Å². The summed E-state index contributed by atoms with van der Waals surface area (Å²) in [5.41, 5.74) is 5.94. The van der Waals surface area contributed by atoms with E-state index in [-0.39, 0.29) is 42.2 Å². The van der Waals surface area contributed by atoms with Crippen molar-refractivity contribution in [2.45, 2.75) is 44.0 Å². The summed E-state index contributed by atoms with van der Waals surface area (Å²) < 4.78 is 32.4. The van der Waals surface area contributed by atoms with Crippen molar-refractivity contribution in [3.63, 3.8) is 0 Å². The maximum absolute atomic E-state index is 12.3. The molecule has 1 saturated heterocycles. The Hall–Kier alpha value is -1.35. The summed E-state index contributed by atoms with van der Waals surface area (Å²) in [6.45, 7) is 5.79. The molecule has 0 bridgehead atoms. The van der Waals surface area contributed by atoms with Crippen LogP contribution in [0.4, 0.5) is 0 Å². The fourth-order valence-electron chi connectivity index (χ4n) is 3.08. The van der Waals surface area contributed by atoms with Gasteiger partial charge >= 0.3 is 0 Å². The summed E-state index contributed by atoms with van der Waals surface area (Å²) >= 11 is 0. The van der Waals surface area contributed by atoms with Crippen LogP contribution >= 0.6 is 12.4 Å². The van der Waals surface area contributed by atoms with Crippen LogP contribution in [0, 0.1) is 5.92 Å². The Morgan fingerprint density at radius 3 is 2.63 bits per heavy atom. The molecule has 154 valence electrons. The van der Waals surface area contributed by atoms with E-state index in [4.69, 9.17) is 10.5 Å². The molecular formula is C18H30ClN3O4S. The smallest absolute Gasteiger partial charge is 0.240 e. The molecular weight excluding hydrogens is 390 g/mol. The first-order valence-electron chi connectivity index (χ1n) is 9.09. The standard InChI is InChI=1S/C18H29N3O4S.ClH/c1-3-25-16-6-8-17(9-7-16)26(23,24)20-11-10-18(22)21-12-4-5-15(13-21)14(2)19;/h6-9,14-15,20H,3-5,10-13,19H2,1-2H3;1H. The monoisotopic (exact) mass is 419 g/mol. The summed E-state index contributed by atoms with van der Waals surface area (Å²) in [6, 6.07) is 6.28. The molecule has 9 heteroatoms. The Bertz CT molecular complexity index is 695. The lowest BCUT2D eigenvalue weighted by molar-refractivity contribution is -0.132. The second-order valence-corrected chi connectivity index (χ2v) is 8.42. The summed E-state index contributed by atoms with van der Waals surface area (Å²) in [5, 5.41) is 0. The van der Waals surface area contributed by atoms with E-state index in [0.29, 0.717) is 31.4 Å². The lowest BCUT2D eigenvalue weighted by atomic mass is 9.92. The number of benzene rings is 1. The van der Waals surface area contributed by atoms with Gasteiger partial charge in [-0.05, 0) is 56.9 Å². The number of likely N-dealkylation sites (tertiary alicyclic amines) is 1. The van der Waals surface area contributed by atoms with E-state index in [1.807, 2.05) is 13.8 Å². The minimum absolute atomic E-state index is 0. The molecule has 7 nitrogen and oxygen atoms in total. The van der Waals surface area contributed by atoms with Crippen LogP contribution < -0.4 is 15.2 Å². The highest BCUT2D eigenvalue weighted by atomic mass is 35.5. The minimum atomic E-state index is -3.64. The molecule has 1 amide bonds. The number of carbonyl (C=O) groups excluding carboxylic acids is 1. The number of nitrogens with one attached hydrogen (secondary N) is 1. The van der Waals surface area contributed by atoms with E-state index in [1.165, 1.54) is 12.1 Å². The molecule has 1 fully saturated rings. The lowest BCUT2D eigenvalue weighted by Crippen LogP contribution is -2.45. The lowest BCUT2D eigenvalue weighted by Gasteiger charge is -2.34. The van der Waals surface area contributed by atoms with Gasteiger partial charge in [0.2, 0.25) is 15.9 Å². The summed E-state index contributed by atoms with van der Waals surface area (Å²) in [5.74, 6) is 0.897. The van der Waals surface area contributed by atoms with Gasteiger partial charge in [-0.1, -0.05) is 0 Å². The van der Waals surface area contributed by atoms with E-state index in [9.17, 15) is 13.2 Å². The maximum Gasteiger partial charge on any atom is 0.240 e. The zero-order valence-electron chi connectivity index (χ0n) is 15.9. The fourth-order valence-corrected chi connectivity index (χ4v) is 4.11. The average molecular weight is 420 g/mol. The van der Waals surface area contributed by atoms with E-state index in [0.717, 1.165) is 12.8 Å². The Kier molecular flexibility index (Phi) is 9.52. The first-order chi connectivity index (χ1) is 12.3. The van der Waals surface area contributed by atoms with Crippen LogP contribution in [0.3, 0.4) is 0 Å². The van der Waals surface area contributed by atoms with Gasteiger partial charge in [-0.25, -0.2) is 13.1 Å². The number of hydrogen-bond acceptors (Lipinski definition) is 5. The van der Waals surface area contributed by atoms with Crippen LogP contribution in [0.1, 0.15) is 33.1 Å². The van der Waals surface area contributed by atoms with Crippen molar-refractivity contribution >= 4 is 28.3 Å². The van der Waals surface area contributed by atoms with Crippen molar-refractivity contribution in [1.82, 2.24) is 9.62 Å². The number of halogens is 1. The van der Waals surface area contributed by atoms with Crippen molar-refractivity contribution in [1.29, 1.82) is 0 Å². The van der Waals surface area contributed by atoms with Crippen molar-refractivity contribution in [2.24, 2.45) is 11.7 Å². The van der Waals surface area contributed by atoms with Gasteiger partial charge in [0.05, 0.1) is 11.5 Å². The van der Waals surface area contributed by atoms with Crippen molar-refractivity contribution < 1.29 is 17.9 Å². The molecule has 1 heterocycles. The van der Waals surface area contributed by atoms with Gasteiger partial charge in [0.15, 0.2) is 0 Å². The third-order valence-corrected chi connectivity index (χ3v) is 6.11. The van der Waals surface area contributed by atoms with E-state index >= 15 is 0 Å². The zero-order valence-corrected chi connectivity index (χ0v) is 17.5. The quantitative estimate of drug-likeness (QED) is 0.668. The third-order valence-electron chi connectivity index (χ3n) is 4.63. The molecule has 27 heavy (non-hydrogen) atoms. The van der Waals surface area contributed by atoms with Gasteiger partial charge in [0.25, 0.3) is 0 Å². The number of hydrogen-bond donors (Lipinski definition) is 2. The average Bonchev–Trinajstić information content (AvgIpc) is 2.62. The van der Waals surface area contributed by atoms with Crippen molar-refractivity contribution in [3.8, 4) is 5.75 Å². The molecule has 0 aliphatic carbocycles. The van der Waals surface area contributed by atoms with Crippen LogP contribution in [0.2, 0.25) is 0 Å². The molecule has 0 radical (unpaired) electrons. The van der Waals surface area contributed by atoms with Gasteiger partial charge in [-0.15, -0.1) is 12.4 Å². The normalized spacial score (nSPS) is 18.5. The first kappa shape index (κ1) is 23.7. The molecule has 0 aromatic heterocycles. The van der Waals surface area contributed by atoms with E-state index < -0.39 is 10.0 Å². The van der Waals surface area contributed by atoms with Crippen molar-refractivity contribution in [2.75, 3.05) is 26.2 Å². The summed E-state index contributed by atoms with van der Waals surface area (Å²) in [7, 11) is -3.64. The third kappa shape index (κ3) is 6.95. The molecule has 1 aromatic rings. The molecule has 0 saturated carbocycles. The molecule has 2 unspecified atom stereocenters. The number of ether oxygens (including phenoxy) is 1. The fraction of sp³-hybridized carbons (Fsp3) is 0.611. The number of nitrogens with zero attached hydrogens (tertiary/aromatic N) is 1. The Morgan fingerprint density at radius 1 is 1.37 bits per heavy atom. The molecule has 1 aromatic carbocycles. The van der Waals surface area contributed by atoms with Crippen LogP contribution in [0.15, 0.2) is 29.2 Å². The number of rotatable bonds is 8. The SMILES string of the molecule is CCOc1ccc(S(=O)(=O)NCCC(=O)N2CCCC(C(C)N)C2)cc1.Cl. The summed E-state index contributed by atoms with van der Waals surface area (Å²) in [6.07, 6.45) is 2.11. The number of amides is 1. The second kappa shape index (κ2) is 10.8. The highest BCUT2D eigenvalue weighted by Crippen LogP contribution is 2.19. The van der Waals surface area contributed by atoms with E-state index in [2.05, 4.69) is 4.72 Å². The molecule has 2 rings (SSSR count). The maximum atomic E-state index is 12.3. The van der Waals surface area contributed by atoms with Gasteiger partial charge in [-0.3, -0.25) is 4.79 Å². The van der Waals surface area contributed by atoms with Gasteiger partial charge < -0.3 is 15.4 Å². The molecule has 0 spiro atoms. The molecule has 1 aliphatic rings. The predicted octanol–water partition coefficient (Wildman–Crippen LogP) is 1.76. The molecule has 1 aliphatic heterocycles. The van der Waals surface area contributed by atoms with Gasteiger partial charge in [0, 0.05) is 32.1 Å². The zero-order chi connectivity index (χ0) is 19.2. The highest BCUT2D eigenvalue weighted by Gasteiger charge is 2.25. The topological polar surface area (TPSA) is 102 Å². The Balaban J connectivity index is 0.00000364. The molecule has 2 atom stereocenters. The number of piperidine rings is 1. The number of carbonyl (C=O) groups is 1. The Labute approximate surface area is 168 Å². The van der Waals surface area contributed by atoms with Crippen molar-refractivity contribution in [3.05, 3.63) is 24.3 Å². The molecule has 3 N–H and O–H groups in total. The largest absolute Gasteiger partial charge is 0.494 e. The minimum Gasteiger partial charge on any atom is -0.494 e. The Morgan fingerprint density at radius 2 is 2.04 bits per heavy atom. The van der Waals surface area contributed by atoms with E-state index in [1.54, 1.807) is 17.0 Å². The van der Waals surface area contributed by atoms with Gasteiger partial charge in [-0.2, -0.15) is 0 Å². The van der Waals surface area contributed by atoms with Crippen LogP contribution in [0.5, 0.6) is 5.75 Å². The van der Waals surface area contributed by atoms with Crippen LogP contribution in [-0.4, -0.2) is 51.5 Å². The number of sulfonamides is 1. The summed E-state index contributed by atoms with van der Waals surface area (Å²) in [4.78, 5) is 14.3. The predicted molar refractivity (Wildman–Crippen MR) is 108 cm³/mol. The van der Waals surface area contributed by atoms with Crippen LogP contribution in [0.25, 0.3) is 0 Å². The van der Waals surface area contributed by atoms with Crippen LogP contribution in [-0.2, 0) is 14.8 Å².